The first kappa shape index (κ1) is 16.7. The third-order valence-corrected chi connectivity index (χ3v) is 4.45. The number of nitrogens with two attached hydrogens (primary N) is 1. The van der Waals surface area contributed by atoms with Gasteiger partial charge in [0.1, 0.15) is 0 Å². The predicted molar refractivity (Wildman–Crippen MR) is 78.9 cm³/mol. The molecule has 1 atom stereocenters. The van der Waals surface area contributed by atoms with E-state index in [9.17, 15) is 13.2 Å². The molecule has 0 radical (unpaired) electrons. The Morgan fingerprint density at radius 1 is 1.30 bits per heavy atom. The highest BCUT2D eigenvalue weighted by Crippen LogP contribution is 2.18. The lowest BCUT2D eigenvalue weighted by atomic mass is 9.92. The highest BCUT2D eigenvalue weighted by molar-refractivity contribution is 7.90. The van der Waals surface area contributed by atoms with Gasteiger partial charge >= 0.3 is 0 Å². The molecule has 3 N–H and O–H groups in total. The number of amides is 1. The zero-order chi connectivity index (χ0) is 15.6. The van der Waals surface area contributed by atoms with E-state index in [1.54, 1.807) is 38.1 Å². The summed E-state index contributed by atoms with van der Waals surface area (Å²) in [5, 5.41) is 3.23. The molecule has 0 aliphatic rings. The van der Waals surface area contributed by atoms with Gasteiger partial charge in [0, 0.05) is 18.8 Å². The maximum Gasteiger partial charge on any atom is 0.224 e. The van der Waals surface area contributed by atoms with Crippen LogP contribution in [-0.4, -0.2) is 27.1 Å². The largest absolute Gasteiger partial charge is 0.369 e. The molecule has 5 nitrogen and oxygen atoms in total. The number of carbonyl (C=O) groups excluding carboxylic acids is 1. The molecule has 0 spiro atoms. The highest BCUT2D eigenvalue weighted by Gasteiger charge is 2.25. The summed E-state index contributed by atoms with van der Waals surface area (Å²) in [6, 6.07) is 6.71. The van der Waals surface area contributed by atoms with Gasteiger partial charge < -0.3 is 11.1 Å². The quantitative estimate of drug-likeness (QED) is 0.827. The lowest BCUT2D eigenvalue weighted by molar-refractivity contribution is -0.125. The number of carbonyl (C=O) groups is 1. The number of sulfone groups is 1. The van der Waals surface area contributed by atoms with Crippen LogP contribution < -0.4 is 11.1 Å². The second-order valence-electron chi connectivity index (χ2n) is 5.69. The molecule has 0 saturated heterocycles. The first-order chi connectivity index (χ1) is 9.04. The molecule has 0 aliphatic heterocycles. The van der Waals surface area contributed by atoms with E-state index < -0.39 is 15.3 Å². The molecule has 1 aromatic rings. The van der Waals surface area contributed by atoms with Crippen LogP contribution in [0.1, 0.15) is 32.4 Å². The van der Waals surface area contributed by atoms with E-state index >= 15 is 0 Å². The van der Waals surface area contributed by atoms with Crippen LogP contribution in [0.4, 0.5) is 0 Å². The van der Waals surface area contributed by atoms with Gasteiger partial charge in [-0.25, -0.2) is 8.42 Å². The molecule has 0 aliphatic carbocycles. The Labute approximate surface area is 120 Å². The molecule has 1 amide bonds. The average molecular weight is 298 g/mol. The lowest BCUT2D eigenvalue weighted by Crippen LogP contribution is -2.41. The van der Waals surface area contributed by atoms with Crippen LogP contribution in [0.25, 0.3) is 0 Å². The summed E-state index contributed by atoms with van der Waals surface area (Å²) < 4.78 is 22.8. The molecule has 1 aromatic carbocycles. The number of benzene rings is 1. The van der Waals surface area contributed by atoms with Crippen LogP contribution in [0.3, 0.4) is 0 Å². The fourth-order valence-electron chi connectivity index (χ4n) is 1.62. The summed E-state index contributed by atoms with van der Waals surface area (Å²) in [4.78, 5) is 11.5. The van der Waals surface area contributed by atoms with Gasteiger partial charge in [-0.15, -0.1) is 0 Å². The highest BCUT2D eigenvalue weighted by atomic mass is 32.2. The Kier molecular flexibility index (Phi) is 4.94. The van der Waals surface area contributed by atoms with Crippen LogP contribution in [0.2, 0.25) is 0 Å². The minimum Gasteiger partial charge on any atom is -0.369 e. The minimum atomic E-state index is -3.17. The lowest BCUT2D eigenvalue weighted by Gasteiger charge is -2.24. The molecular formula is C14H22N2O3S. The van der Waals surface area contributed by atoms with E-state index in [1.165, 1.54) is 6.26 Å². The van der Waals surface area contributed by atoms with Crippen molar-refractivity contribution in [2.75, 3.05) is 12.8 Å². The molecular weight excluding hydrogens is 276 g/mol. The van der Waals surface area contributed by atoms with Gasteiger partial charge in [-0.2, -0.15) is 0 Å². The summed E-state index contributed by atoms with van der Waals surface area (Å²) in [5.74, 6) is -0.357. The van der Waals surface area contributed by atoms with E-state index in [0.29, 0.717) is 11.4 Å². The minimum absolute atomic E-state index is 0.00207. The molecule has 6 heteroatoms. The van der Waals surface area contributed by atoms with Crippen LogP contribution >= 0.6 is 0 Å². The first-order valence-corrected chi connectivity index (χ1v) is 8.26. The topological polar surface area (TPSA) is 89.3 Å². The number of hydrogen-bond donors (Lipinski definition) is 2. The van der Waals surface area contributed by atoms with Gasteiger partial charge in [0.15, 0.2) is 9.84 Å². The zero-order valence-electron chi connectivity index (χ0n) is 12.3. The number of hydrogen-bond acceptors (Lipinski definition) is 4. The SMILES string of the molecule is C[C@H](NCC(C)(C)C(N)=O)c1ccc(S(C)(=O)=O)cc1. The normalized spacial score (nSPS) is 14.0. The van der Waals surface area contributed by atoms with Crippen molar-refractivity contribution in [1.29, 1.82) is 0 Å². The van der Waals surface area contributed by atoms with E-state index in [2.05, 4.69) is 5.32 Å². The van der Waals surface area contributed by atoms with Crippen molar-refractivity contribution in [3.63, 3.8) is 0 Å². The molecule has 1 rings (SSSR count). The van der Waals surface area contributed by atoms with Crippen LogP contribution in [0.5, 0.6) is 0 Å². The number of nitrogens with one attached hydrogen (secondary N) is 1. The monoisotopic (exact) mass is 298 g/mol. The standard InChI is InChI=1S/C14H22N2O3S/c1-10(16-9-14(2,3)13(15)17)11-5-7-12(8-6-11)20(4,18)19/h5-8,10,16H,9H2,1-4H3,(H2,15,17)/t10-/m0/s1. The molecule has 0 heterocycles. The second-order valence-corrected chi connectivity index (χ2v) is 7.71. The molecule has 112 valence electrons. The van der Waals surface area contributed by atoms with Gasteiger partial charge in [0.05, 0.1) is 10.3 Å². The second kappa shape index (κ2) is 5.93. The summed E-state index contributed by atoms with van der Waals surface area (Å²) in [5.41, 5.74) is 5.65. The van der Waals surface area contributed by atoms with Crippen LogP contribution in [0.15, 0.2) is 29.2 Å². The molecule has 0 aromatic heterocycles. The Morgan fingerprint density at radius 3 is 2.20 bits per heavy atom. The average Bonchev–Trinajstić information content (AvgIpc) is 2.35. The van der Waals surface area contributed by atoms with Gasteiger partial charge in [-0.1, -0.05) is 12.1 Å². The summed E-state index contributed by atoms with van der Waals surface area (Å²) in [7, 11) is -3.17. The Bertz CT molecular complexity index is 577. The van der Waals surface area contributed by atoms with Crippen molar-refractivity contribution >= 4 is 15.7 Å². The number of rotatable bonds is 6. The molecule has 0 saturated carbocycles. The molecule has 0 fully saturated rings. The number of primary amides is 1. The summed E-state index contributed by atoms with van der Waals surface area (Å²) in [6.07, 6.45) is 1.18. The van der Waals surface area contributed by atoms with Gasteiger partial charge in [-0.05, 0) is 38.5 Å². The molecule has 20 heavy (non-hydrogen) atoms. The molecule has 0 unspecified atom stereocenters. The fraction of sp³-hybridized carbons (Fsp3) is 0.500. The summed E-state index contributed by atoms with van der Waals surface area (Å²) in [6.45, 7) is 5.97. The van der Waals surface area contributed by atoms with Crippen LogP contribution in [0, 0.1) is 5.41 Å². The Hall–Kier alpha value is -1.40. The predicted octanol–water partition coefficient (Wildman–Crippen LogP) is 1.25. The van der Waals surface area contributed by atoms with E-state index in [4.69, 9.17) is 5.73 Å². The smallest absolute Gasteiger partial charge is 0.224 e. The van der Waals surface area contributed by atoms with Crippen molar-refractivity contribution < 1.29 is 13.2 Å². The van der Waals surface area contributed by atoms with Crippen molar-refractivity contribution in [1.82, 2.24) is 5.32 Å². The third kappa shape index (κ3) is 4.31. The van der Waals surface area contributed by atoms with E-state index in [0.717, 1.165) is 5.56 Å². The van der Waals surface area contributed by atoms with Crippen LogP contribution in [-0.2, 0) is 14.6 Å². The fourth-order valence-corrected chi connectivity index (χ4v) is 2.25. The molecule has 0 bridgehead atoms. The maximum absolute atomic E-state index is 11.4. The first-order valence-electron chi connectivity index (χ1n) is 6.37. The summed E-state index contributed by atoms with van der Waals surface area (Å²) >= 11 is 0. The van der Waals surface area contributed by atoms with Gasteiger partial charge in [-0.3, -0.25) is 4.79 Å². The maximum atomic E-state index is 11.4. The zero-order valence-corrected chi connectivity index (χ0v) is 13.1. The van der Waals surface area contributed by atoms with Crippen molar-refractivity contribution in [3.8, 4) is 0 Å². The van der Waals surface area contributed by atoms with Gasteiger partial charge in [0.25, 0.3) is 0 Å². The van der Waals surface area contributed by atoms with E-state index in [-0.39, 0.29) is 11.9 Å². The van der Waals surface area contributed by atoms with Crippen molar-refractivity contribution in [2.24, 2.45) is 11.1 Å². The van der Waals surface area contributed by atoms with Crippen molar-refractivity contribution in [2.45, 2.75) is 31.7 Å². The van der Waals surface area contributed by atoms with E-state index in [1.807, 2.05) is 6.92 Å². The van der Waals surface area contributed by atoms with Crippen molar-refractivity contribution in [3.05, 3.63) is 29.8 Å². The Balaban J connectivity index is 2.74. The third-order valence-electron chi connectivity index (χ3n) is 3.33. The Morgan fingerprint density at radius 2 is 1.80 bits per heavy atom. The van der Waals surface area contributed by atoms with Gasteiger partial charge in [0.2, 0.25) is 5.91 Å².